The van der Waals surface area contributed by atoms with E-state index in [9.17, 15) is 0 Å². The van der Waals surface area contributed by atoms with Crippen molar-refractivity contribution in [3.05, 3.63) is 15.6 Å². The van der Waals surface area contributed by atoms with Gasteiger partial charge in [-0.2, -0.15) is 0 Å². The number of ether oxygens (including phenoxy) is 2. The Balaban J connectivity index is 2.17. The Kier molecular flexibility index (Phi) is 12.3. The van der Waals surface area contributed by atoms with Crippen LogP contribution >= 0.6 is 11.3 Å². The van der Waals surface area contributed by atoms with Crippen molar-refractivity contribution >= 4 is 17.3 Å². The second-order valence-electron chi connectivity index (χ2n) is 5.76. The summed E-state index contributed by atoms with van der Waals surface area (Å²) in [6.45, 7) is 13.4. The van der Waals surface area contributed by atoms with Crippen molar-refractivity contribution in [3.63, 3.8) is 0 Å². The standard InChI is InChI=1S/C18H34N4O2S/c1-5-7-11-23-13-14-24-12-10-21-18(19-6-2)20-9-8-17-15(3)22-16(4)25-17/h5-14H2,1-4H3,(H2,19,20,21). The smallest absolute Gasteiger partial charge is 0.191 e. The first-order valence-corrected chi connectivity index (χ1v) is 10.1. The lowest BCUT2D eigenvalue weighted by molar-refractivity contribution is 0.0497. The predicted octanol–water partition coefficient (Wildman–Crippen LogP) is 2.69. The summed E-state index contributed by atoms with van der Waals surface area (Å²) < 4.78 is 11.0. The van der Waals surface area contributed by atoms with E-state index in [1.807, 2.05) is 0 Å². The number of nitrogens with one attached hydrogen (secondary N) is 2. The van der Waals surface area contributed by atoms with Gasteiger partial charge in [0.05, 0.1) is 37.1 Å². The minimum Gasteiger partial charge on any atom is -0.379 e. The van der Waals surface area contributed by atoms with Crippen LogP contribution < -0.4 is 10.6 Å². The maximum Gasteiger partial charge on any atom is 0.191 e. The number of unbranched alkanes of at least 4 members (excludes halogenated alkanes) is 1. The van der Waals surface area contributed by atoms with Crippen molar-refractivity contribution in [2.45, 2.75) is 47.0 Å². The molecular formula is C18H34N4O2S. The lowest BCUT2D eigenvalue weighted by Gasteiger charge is -2.11. The minimum absolute atomic E-state index is 0.612. The van der Waals surface area contributed by atoms with E-state index in [1.165, 1.54) is 4.88 Å². The van der Waals surface area contributed by atoms with Crippen molar-refractivity contribution < 1.29 is 9.47 Å². The number of rotatable bonds is 13. The summed E-state index contributed by atoms with van der Waals surface area (Å²) in [6, 6.07) is 0. The van der Waals surface area contributed by atoms with E-state index in [0.717, 1.165) is 55.6 Å². The van der Waals surface area contributed by atoms with Crippen LogP contribution in [0.2, 0.25) is 0 Å². The van der Waals surface area contributed by atoms with Crippen molar-refractivity contribution in [3.8, 4) is 0 Å². The number of thiazole rings is 1. The third-order valence-corrected chi connectivity index (χ3v) is 4.64. The zero-order chi connectivity index (χ0) is 18.3. The molecule has 0 unspecified atom stereocenters. The van der Waals surface area contributed by atoms with Crippen molar-refractivity contribution in [2.24, 2.45) is 4.99 Å². The van der Waals surface area contributed by atoms with Crippen LogP contribution in [0, 0.1) is 13.8 Å². The molecular weight excluding hydrogens is 336 g/mol. The summed E-state index contributed by atoms with van der Waals surface area (Å²) in [5.41, 5.74) is 1.14. The van der Waals surface area contributed by atoms with Crippen LogP contribution in [-0.4, -0.2) is 57.0 Å². The molecule has 0 radical (unpaired) electrons. The van der Waals surface area contributed by atoms with Crippen LogP contribution in [0.25, 0.3) is 0 Å². The number of hydrogen-bond acceptors (Lipinski definition) is 5. The molecule has 0 fully saturated rings. The first-order chi connectivity index (χ1) is 12.2. The number of nitrogens with zero attached hydrogens (tertiary/aromatic N) is 2. The fraction of sp³-hybridized carbons (Fsp3) is 0.778. The summed E-state index contributed by atoms with van der Waals surface area (Å²) in [5.74, 6) is 0.837. The van der Waals surface area contributed by atoms with E-state index in [0.29, 0.717) is 26.4 Å². The first-order valence-electron chi connectivity index (χ1n) is 9.27. The highest BCUT2D eigenvalue weighted by Crippen LogP contribution is 2.16. The van der Waals surface area contributed by atoms with Crippen LogP contribution in [-0.2, 0) is 15.9 Å². The Morgan fingerprint density at radius 3 is 2.48 bits per heavy atom. The molecule has 0 bridgehead atoms. The number of aryl methyl sites for hydroxylation is 2. The maximum atomic E-state index is 5.54. The van der Waals surface area contributed by atoms with Gasteiger partial charge in [0.15, 0.2) is 5.96 Å². The molecule has 1 rings (SSSR count). The summed E-state index contributed by atoms with van der Waals surface area (Å²) in [6.07, 6.45) is 3.24. The molecule has 2 N–H and O–H groups in total. The van der Waals surface area contributed by atoms with Crippen LogP contribution in [0.5, 0.6) is 0 Å². The van der Waals surface area contributed by atoms with Gasteiger partial charge in [0, 0.05) is 31.0 Å². The van der Waals surface area contributed by atoms with Gasteiger partial charge in [-0.1, -0.05) is 13.3 Å². The SMILES string of the molecule is CCCCOCCOCCN=C(NCC)NCCc1sc(C)nc1C. The Morgan fingerprint density at radius 2 is 1.84 bits per heavy atom. The Hall–Kier alpha value is -1.18. The average molecular weight is 371 g/mol. The van der Waals surface area contributed by atoms with Crippen molar-refractivity contribution in [1.82, 2.24) is 15.6 Å². The molecule has 1 heterocycles. The van der Waals surface area contributed by atoms with Crippen LogP contribution in [0.3, 0.4) is 0 Å². The zero-order valence-electron chi connectivity index (χ0n) is 16.2. The summed E-state index contributed by atoms with van der Waals surface area (Å²) in [7, 11) is 0. The van der Waals surface area contributed by atoms with Gasteiger partial charge in [-0.25, -0.2) is 4.98 Å². The number of hydrogen-bond donors (Lipinski definition) is 2. The molecule has 6 nitrogen and oxygen atoms in total. The Bertz CT molecular complexity index is 491. The largest absolute Gasteiger partial charge is 0.379 e. The molecule has 1 aromatic heterocycles. The third-order valence-electron chi connectivity index (χ3n) is 3.51. The highest BCUT2D eigenvalue weighted by molar-refractivity contribution is 7.11. The molecule has 0 atom stereocenters. The Morgan fingerprint density at radius 1 is 1.08 bits per heavy atom. The number of aliphatic imine (C=N–C) groups is 1. The van der Waals surface area contributed by atoms with E-state index in [-0.39, 0.29) is 0 Å². The van der Waals surface area contributed by atoms with Gasteiger partial charge in [0.1, 0.15) is 0 Å². The number of guanidine groups is 1. The lowest BCUT2D eigenvalue weighted by atomic mass is 10.3. The quantitative estimate of drug-likeness (QED) is 0.317. The van der Waals surface area contributed by atoms with Gasteiger partial charge in [0.25, 0.3) is 0 Å². The maximum absolute atomic E-state index is 5.54. The minimum atomic E-state index is 0.612. The molecule has 7 heteroatoms. The summed E-state index contributed by atoms with van der Waals surface area (Å²) >= 11 is 1.77. The topological polar surface area (TPSA) is 67.8 Å². The van der Waals surface area contributed by atoms with Gasteiger partial charge in [-0.15, -0.1) is 11.3 Å². The van der Waals surface area contributed by atoms with Crippen molar-refractivity contribution in [1.29, 1.82) is 0 Å². The molecule has 0 spiro atoms. The third kappa shape index (κ3) is 10.4. The molecule has 1 aromatic rings. The normalized spacial score (nSPS) is 11.8. The van der Waals surface area contributed by atoms with Gasteiger partial charge in [0.2, 0.25) is 0 Å². The molecule has 0 aliphatic heterocycles. The molecule has 0 aliphatic rings. The summed E-state index contributed by atoms with van der Waals surface area (Å²) in [5, 5.41) is 7.76. The van der Waals surface area contributed by atoms with Gasteiger partial charge >= 0.3 is 0 Å². The van der Waals surface area contributed by atoms with E-state index in [2.05, 4.69) is 48.3 Å². The van der Waals surface area contributed by atoms with Crippen LogP contribution in [0.15, 0.2) is 4.99 Å². The second-order valence-corrected chi connectivity index (χ2v) is 7.04. The average Bonchev–Trinajstić information content (AvgIpc) is 2.90. The molecule has 0 amide bonds. The number of aromatic nitrogens is 1. The monoisotopic (exact) mass is 370 g/mol. The van der Waals surface area contributed by atoms with Crippen LogP contribution in [0.1, 0.15) is 42.3 Å². The molecule has 0 aliphatic carbocycles. The summed E-state index contributed by atoms with van der Waals surface area (Å²) in [4.78, 5) is 10.3. The Labute approximate surface area is 156 Å². The predicted molar refractivity (Wildman–Crippen MR) is 106 cm³/mol. The molecule has 144 valence electrons. The van der Waals surface area contributed by atoms with E-state index in [1.54, 1.807) is 11.3 Å². The van der Waals surface area contributed by atoms with Gasteiger partial charge in [-0.3, -0.25) is 4.99 Å². The molecule has 0 aromatic carbocycles. The highest BCUT2D eigenvalue weighted by atomic mass is 32.1. The van der Waals surface area contributed by atoms with E-state index < -0.39 is 0 Å². The molecule has 25 heavy (non-hydrogen) atoms. The van der Waals surface area contributed by atoms with Crippen LogP contribution in [0.4, 0.5) is 0 Å². The van der Waals surface area contributed by atoms with Gasteiger partial charge < -0.3 is 20.1 Å². The lowest BCUT2D eigenvalue weighted by Crippen LogP contribution is -2.38. The molecule has 0 saturated heterocycles. The molecule has 0 saturated carbocycles. The highest BCUT2D eigenvalue weighted by Gasteiger charge is 2.05. The fourth-order valence-corrected chi connectivity index (χ4v) is 3.17. The van der Waals surface area contributed by atoms with Crippen molar-refractivity contribution in [2.75, 3.05) is 46.1 Å². The second kappa shape index (κ2) is 14.0. The van der Waals surface area contributed by atoms with E-state index >= 15 is 0 Å². The fourth-order valence-electron chi connectivity index (χ4n) is 2.23. The zero-order valence-corrected chi connectivity index (χ0v) is 17.0. The van der Waals surface area contributed by atoms with E-state index in [4.69, 9.17) is 9.47 Å². The van der Waals surface area contributed by atoms with Gasteiger partial charge in [-0.05, 0) is 27.2 Å². The first kappa shape index (κ1) is 21.9.